The Hall–Kier alpha value is -0.780. The Morgan fingerprint density at radius 1 is 0.417 bits per heavy atom. The van der Waals surface area contributed by atoms with Crippen molar-refractivity contribution in [2.45, 2.75) is 117 Å². The molecule has 0 amide bonds. The van der Waals surface area contributed by atoms with Crippen LogP contribution < -0.4 is 0 Å². The Bertz CT molecular complexity index is 202. The summed E-state index contributed by atoms with van der Waals surface area (Å²) in [6, 6.07) is 0. The number of allylic oxidation sites excluding steroid dienone is 3. The zero-order valence-corrected chi connectivity index (χ0v) is 17.5. The molecule has 0 N–H and O–H groups in total. The molecule has 0 aromatic heterocycles. The van der Waals surface area contributed by atoms with Gasteiger partial charge in [-0.15, -0.1) is 19.7 Å². The molecule has 0 saturated carbocycles. The van der Waals surface area contributed by atoms with Crippen LogP contribution in [0.4, 0.5) is 0 Å². The molecule has 0 heterocycles. The predicted octanol–water partition coefficient (Wildman–Crippen LogP) is 9.43. The zero-order valence-electron chi connectivity index (χ0n) is 17.5. The normalized spacial score (nSPS) is 9.12. The van der Waals surface area contributed by atoms with Gasteiger partial charge in [-0.05, 0) is 25.7 Å². The molecule has 0 bridgehead atoms. The van der Waals surface area contributed by atoms with Crippen molar-refractivity contribution < 1.29 is 0 Å². The van der Waals surface area contributed by atoms with Crippen molar-refractivity contribution in [1.29, 1.82) is 0 Å². The molecule has 144 valence electrons. The summed E-state index contributed by atoms with van der Waals surface area (Å²) in [5, 5.41) is 0. The van der Waals surface area contributed by atoms with Crippen LogP contribution in [0.3, 0.4) is 0 Å². The lowest BCUT2D eigenvalue weighted by molar-refractivity contribution is 0.578. The molecule has 0 rings (SSSR count). The number of unbranched alkanes of at least 4 members (excludes halogenated alkanes) is 12. The van der Waals surface area contributed by atoms with Gasteiger partial charge in [-0.1, -0.05) is 110 Å². The summed E-state index contributed by atoms with van der Waals surface area (Å²) in [6.45, 7) is 17.6. The van der Waals surface area contributed by atoms with Gasteiger partial charge in [0.2, 0.25) is 0 Å². The summed E-state index contributed by atoms with van der Waals surface area (Å²) >= 11 is 0. The minimum Gasteiger partial charge on any atom is -0.103 e. The molecule has 0 atom stereocenters. The molecule has 0 radical (unpaired) electrons. The van der Waals surface area contributed by atoms with Gasteiger partial charge in [0, 0.05) is 0 Å². The van der Waals surface area contributed by atoms with Crippen molar-refractivity contribution in [2.75, 3.05) is 0 Å². The summed E-state index contributed by atoms with van der Waals surface area (Å²) in [4.78, 5) is 0. The van der Waals surface area contributed by atoms with E-state index in [-0.39, 0.29) is 0 Å². The van der Waals surface area contributed by atoms with Crippen LogP contribution in [-0.2, 0) is 0 Å². The monoisotopic (exact) mass is 336 g/mol. The summed E-state index contributed by atoms with van der Waals surface area (Å²) in [5.41, 5.74) is 0. The van der Waals surface area contributed by atoms with Crippen LogP contribution in [0.25, 0.3) is 0 Å². The second kappa shape index (κ2) is 33.7. The summed E-state index contributed by atoms with van der Waals surface area (Å²) in [7, 11) is 0. The van der Waals surface area contributed by atoms with Crippen LogP contribution in [0.15, 0.2) is 38.0 Å². The van der Waals surface area contributed by atoms with Gasteiger partial charge in [-0.25, -0.2) is 0 Å². The molecule has 0 unspecified atom stereocenters. The molecule has 0 aliphatic rings. The molecule has 0 saturated heterocycles. The van der Waals surface area contributed by atoms with Crippen LogP contribution >= 0.6 is 0 Å². The lowest BCUT2D eigenvalue weighted by Gasteiger charge is -1.99. The van der Waals surface area contributed by atoms with Crippen molar-refractivity contribution in [3.05, 3.63) is 38.0 Å². The van der Waals surface area contributed by atoms with Crippen LogP contribution in [-0.4, -0.2) is 0 Å². The molecule has 0 spiro atoms. The van der Waals surface area contributed by atoms with E-state index in [2.05, 4.69) is 40.5 Å². The first-order chi connectivity index (χ1) is 11.7. The largest absolute Gasteiger partial charge is 0.103 e. The summed E-state index contributed by atoms with van der Waals surface area (Å²) < 4.78 is 0. The number of hydrogen-bond donors (Lipinski definition) is 0. The second-order valence-corrected chi connectivity index (χ2v) is 6.41. The molecular formula is C24H48. The Kier molecular flexibility index (Phi) is 39.4. The summed E-state index contributed by atoms with van der Waals surface area (Å²) in [5.74, 6) is 0. The van der Waals surface area contributed by atoms with Gasteiger partial charge < -0.3 is 0 Å². The SMILES string of the molecule is C=CCCCC.C=CCCCC.C=CCCCCCCCCCC. The lowest BCUT2D eigenvalue weighted by Crippen LogP contribution is -1.79. The molecular weight excluding hydrogens is 288 g/mol. The standard InChI is InChI=1S/C12H24.2C6H12/c1-3-5-7-9-11-12-10-8-6-4-2;2*1-3-5-6-4-2/h3H,1,4-12H2,2H3;2*3H,1,4-6H2,2H3. The van der Waals surface area contributed by atoms with Gasteiger partial charge >= 0.3 is 0 Å². The van der Waals surface area contributed by atoms with Gasteiger partial charge in [0.1, 0.15) is 0 Å². The van der Waals surface area contributed by atoms with E-state index in [1.165, 1.54) is 96.3 Å². The van der Waals surface area contributed by atoms with Crippen molar-refractivity contribution in [1.82, 2.24) is 0 Å². The van der Waals surface area contributed by atoms with Crippen molar-refractivity contribution in [3.63, 3.8) is 0 Å². The summed E-state index contributed by atoms with van der Waals surface area (Å²) in [6.07, 6.45) is 25.9. The first kappa shape index (κ1) is 28.0. The molecule has 24 heavy (non-hydrogen) atoms. The third-order valence-electron chi connectivity index (χ3n) is 3.79. The fraction of sp³-hybridized carbons (Fsp3) is 0.750. The highest BCUT2D eigenvalue weighted by atomic mass is 14.0. The molecule has 0 nitrogen and oxygen atoms in total. The minimum atomic E-state index is 1.18. The van der Waals surface area contributed by atoms with Crippen molar-refractivity contribution in [3.8, 4) is 0 Å². The van der Waals surface area contributed by atoms with Gasteiger partial charge in [0.05, 0.1) is 0 Å². The third kappa shape index (κ3) is 42.9. The van der Waals surface area contributed by atoms with Crippen molar-refractivity contribution >= 4 is 0 Å². The topological polar surface area (TPSA) is 0 Å². The van der Waals surface area contributed by atoms with Crippen LogP contribution in [0.1, 0.15) is 117 Å². The molecule has 0 aromatic carbocycles. The van der Waals surface area contributed by atoms with E-state index in [4.69, 9.17) is 0 Å². The third-order valence-corrected chi connectivity index (χ3v) is 3.79. The minimum absolute atomic E-state index is 1.18. The molecule has 0 heteroatoms. The van der Waals surface area contributed by atoms with Crippen LogP contribution in [0.5, 0.6) is 0 Å². The first-order valence-electron chi connectivity index (χ1n) is 10.6. The fourth-order valence-corrected chi connectivity index (χ4v) is 2.12. The van der Waals surface area contributed by atoms with E-state index in [9.17, 15) is 0 Å². The smallest absolute Gasteiger partial charge is 0.0353 e. The van der Waals surface area contributed by atoms with Crippen LogP contribution in [0, 0.1) is 0 Å². The maximum Gasteiger partial charge on any atom is -0.0353 e. The maximum atomic E-state index is 3.72. The zero-order chi connectivity index (χ0) is 18.7. The lowest BCUT2D eigenvalue weighted by atomic mass is 10.1. The maximum absolute atomic E-state index is 3.72. The first-order valence-corrected chi connectivity index (χ1v) is 10.6. The van der Waals surface area contributed by atoms with E-state index < -0.39 is 0 Å². The molecule has 0 aromatic rings. The molecule has 0 aliphatic heterocycles. The average molecular weight is 337 g/mol. The second-order valence-electron chi connectivity index (χ2n) is 6.41. The van der Waals surface area contributed by atoms with E-state index in [1.54, 1.807) is 0 Å². The van der Waals surface area contributed by atoms with Gasteiger partial charge in [0.25, 0.3) is 0 Å². The average Bonchev–Trinajstić information content (AvgIpc) is 2.61. The number of rotatable bonds is 15. The Labute approximate surface area is 155 Å². The predicted molar refractivity (Wildman–Crippen MR) is 117 cm³/mol. The Morgan fingerprint density at radius 2 is 0.708 bits per heavy atom. The van der Waals surface area contributed by atoms with Crippen molar-refractivity contribution in [2.24, 2.45) is 0 Å². The highest BCUT2D eigenvalue weighted by Gasteiger charge is 1.89. The van der Waals surface area contributed by atoms with E-state index >= 15 is 0 Å². The number of hydrogen-bond acceptors (Lipinski definition) is 0. The van der Waals surface area contributed by atoms with Gasteiger partial charge in [0.15, 0.2) is 0 Å². The molecule has 0 fully saturated rings. The van der Waals surface area contributed by atoms with E-state index in [0.717, 1.165) is 0 Å². The molecule has 0 aliphatic carbocycles. The Balaban J connectivity index is -0.000000309. The highest BCUT2D eigenvalue weighted by Crippen LogP contribution is 2.09. The highest BCUT2D eigenvalue weighted by molar-refractivity contribution is 4.65. The Morgan fingerprint density at radius 3 is 1.00 bits per heavy atom. The van der Waals surface area contributed by atoms with E-state index in [1.807, 2.05) is 18.2 Å². The van der Waals surface area contributed by atoms with E-state index in [0.29, 0.717) is 0 Å². The quantitative estimate of drug-likeness (QED) is 0.206. The fourth-order valence-electron chi connectivity index (χ4n) is 2.12. The van der Waals surface area contributed by atoms with Crippen LogP contribution in [0.2, 0.25) is 0 Å². The van der Waals surface area contributed by atoms with Gasteiger partial charge in [-0.3, -0.25) is 0 Å². The van der Waals surface area contributed by atoms with Gasteiger partial charge in [-0.2, -0.15) is 0 Å².